The van der Waals surface area contributed by atoms with Crippen LogP contribution in [0.3, 0.4) is 0 Å². The van der Waals surface area contributed by atoms with Gasteiger partial charge in [0.05, 0.1) is 6.04 Å². The fourth-order valence-corrected chi connectivity index (χ4v) is 2.72. The summed E-state index contributed by atoms with van der Waals surface area (Å²) in [6, 6.07) is 3.40. The molecule has 0 aliphatic heterocycles. The molecule has 1 aromatic carbocycles. The first-order chi connectivity index (χ1) is 9.47. The molecule has 2 rings (SSSR count). The normalized spacial score (nSPS) is 22.5. The number of benzene rings is 1. The van der Waals surface area contributed by atoms with Crippen molar-refractivity contribution in [1.82, 2.24) is 5.32 Å². The Balaban J connectivity index is 0.00000220. The molecule has 1 unspecified atom stereocenters. The molecule has 0 spiro atoms. The zero-order valence-corrected chi connectivity index (χ0v) is 12.8. The molecule has 1 aliphatic rings. The summed E-state index contributed by atoms with van der Waals surface area (Å²) in [5, 5.41) is 2.81. The number of amides is 1. The van der Waals surface area contributed by atoms with Crippen molar-refractivity contribution in [3.05, 3.63) is 35.4 Å². The number of hydrogen-bond donors (Lipinski definition) is 2. The van der Waals surface area contributed by atoms with Gasteiger partial charge in [-0.25, -0.2) is 8.78 Å². The average Bonchev–Trinajstić information content (AvgIpc) is 2.78. The highest BCUT2D eigenvalue weighted by atomic mass is 35.5. The molecule has 3 N–H and O–H groups in total. The molecule has 3 atom stereocenters. The zero-order chi connectivity index (χ0) is 14.7. The molecule has 0 radical (unpaired) electrons. The summed E-state index contributed by atoms with van der Waals surface area (Å²) >= 11 is 0. The van der Waals surface area contributed by atoms with Gasteiger partial charge in [0.2, 0.25) is 5.91 Å². The van der Waals surface area contributed by atoms with Crippen LogP contribution in [-0.4, -0.2) is 11.9 Å². The van der Waals surface area contributed by atoms with Crippen molar-refractivity contribution in [3.63, 3.8) is 0 Å². The molecule has 0 heterocycles. The molecule has 1 saturated carbocycles. The van der Waals surface area contributed by atoms with E-state index in [1.807, 2.05) is 0 Å². The Hall–Kier alpha value is -1.20. The first-order valence-electron chi connectivity index (χ1n) is 6.97. The topological polar surface area (TPSA) is 55.1 Å². The van der Waals surface area contributed by atoms with Crippen LogP contribution in [0, 0.1) is 17.6 Å². The van der Waals surface area contributed by atoms with Gasteiger partial charge < -0.3 is 11.1 Å². The minimum Gasteiger partial charge on any atom is -0.350 e. The van der Waals surface area contributed by atoms with E-state index in [0.29, 0.717) is 12.0 Å². The Bertz CT molecular complexity index is 499. The predicted molar refractivity (Wildman–Crippen MR) is 80.1 cm³/mol. The minimum absolute atomic E-state index is 0. The van der Waals surface area contributed by atoms with Crippen molar-refractivity contribution < 1.29 is 13.6 Å². The lowest BCUT2D eigenvalue weighted by molar-refractivity contribution is -0.122. The van der Waals surface area contributed by atoms with Crippen molar-refractivity contribution in [2.45, 2.75) is 44.7 Å². The van der Waals surface area contributed by atoms with Gasteiger partial charge in [0.25, 0.3) is 0 Å². The standard InChI is InChI=1S/C15H20F2N2O.ClH/c1-9(10-5-6-12(16)13(17)7-10)19-15(20)8-11-3-2-4-14(11)18;/h5-7,9,11,14H,2-4,8,18H2,1H3,(H,19,20);1H/t9?,11-,14+;/m0./s1. The van der Waals surface area contributed by atoms with E-state index in [4.69, 9.17) is 5.73 Å². The van der Waals surface area contributed by atoms with Crippen LogP contribution in [0.2, 0.25) is 0 Å². The van der Waals surface area contributed by atoms with Crippen molar-refractivity contribution in [1.29, 1.82) is 0 Å². The molecule has 0 aromatic heterocycles. The van der Waals surface area contributed by atoms with Gasteiger partial charge in [0.15, 0.2) is 11.6 Å². The lowest BCUT2D eigenvalue weighted by Gasteiger charge is -2.18. The summed E-state index contributed by atoms with van der Waals surface area (Å²) in [5.41, 5.74) is 6.48. The molecule has 0 bridgehead atoms. The largest absolute Gasteiger partial charge is 0.350 e. The van der Waals surface area contributed by atoms with Crippen LogP contribution < -0.4 is 11.1 Å². The third-order valence-electron chi connectivity index (χ3n) is 3.99. The van der Waals surface area contributed by atoms with Gasteiger partial charge in [0, 0.05) is 12.5 Å². The monoisotopic (exact) mass is 318 g/mol. The molecule has 1 amide bonds. The van der Waals surface area contributed by atoms with Crippen LogP contribution in [0.15, 0.2) is 18.2 Å². The van der Waals surface area contributed by atoms with Crippen molar-refractivity contribution in [3.8, 4) is 0 Å². The smallest absolute Gasteiger partial charge is 0.220 e. The van der Waals surface area contributed by atoms with Gasteiger partial charge >= 0.3 is 0 Å². The highest BCUT2D eigenvalue weighted by Crippen LogP contribution is 2.27. The lowest BCUT2D eigenvalue weighted by Crippen LogP contribution is -2.32. The molecule has 0 saturated heterocycles. The number of carbonyl (C=O) groups is 1. The summed E-state index contributed by atoms with van der Waals surface area (Å²) in [6.07, 6.45) is 3.41. The lowest BCUT2D eigenvalue weighted by atomic mass is 9.99. The molecule has 21 heavy (non-hydrogen) atoms. The van der Waals surface area contributed by atoms with E-state index in [1.54, 1.807) is 6.92 Å². The van der Waals surface area contributed by atoms with E-state index >= 15 is 0 Å². The van der Waals surface area contributed by atoms with E-state index in [1.165, 1.54) is 6.07 Å². The van der Waals surface area contributed by atoms with Crippen LogP contribution in [0.1, 0.15) is 44.2 Å². The summed E-state index contributed by atoms with van der Waals surface area (Å²) < 4.78 is 26.0. The Morgan fingerprint density at radius 3 is 2.67 bits per heavy atom. The second-order valence-corrected chi connectivity index (χ2v) is 5.52. The summed E-state index contributed by atoms with van der Waals surface area (Å²) in [6.45, 7) is 1.75. The highest BCUT2D eigenvalue weighted by molar-refractivity contribution is 5.85. The third kappa shape index (κ3) is 4.64. The number of halogens is 3. The minimum atomic E-state index is -0.901. The van der Waals surface area contributed by atoms with Crippen LogP contribution in [0.25, 0.3) is 0 Å². The van der Waals surface area contributed by atoms with E-state index in [2.05, 4.69) is 5.32 Å². The van der Waals surface area contributed by atoms with Crippen molar-refractivity contribution >= 4 is 18.3 Å². The first kappa shape index (κ1) is 17.9. The Kier molecular flexibility index (Phi) is 6.55. The molecule has 1 aromatic rings. The molecule has 3 nitrogen and oxygen atoms in total. The van der Waals surface area contributed by atoms with E-state index < -0.39 is 11.6 Å². The number of carbonyl (C=O) groups excluding carboxylic acids is 1. The molecule has 1 fully saturated rings. The van der Waals surface area contributed by atoms with Crippen LogP contribution in [0.5, 0.6) is 0 Å². The summed E-state index contributed by atoms with van der Waals surface area (Å²) in [5.74, 6) is -1.65. The quantitative estimate of drug-likeness (QED) is 0.896. The third-order valence-corrected chi connectivity index (χ3v) is 3.99. The fraction of sp³-hybridized carbons (Fsp3) is 0.533. The van der Waals surface area contributed by atoms with Gasteiger partial charge in [-0.2, -0.15) is 0 Å². The van der Waals surface area contributed by atoms with Crippen LogP contribution in [-0.2, 0) is 4.79 Å². The SMILES string of the molecule is CC(NC(=O)C[C@@H]1CCC[C@H]1N)c1ccc(F)c(F)c1.Cl. The maximum Gasteiger partial charge on any atom is 0.220 e. The summed E-state index contributed by atoms with van der Waals surface area (Å²) in [7, 11) is 0. The average molecular weight is 319 g/mol. The Morgan fingerprint density at radius 1 is 1.38 bits per heavy atom. The maximum absolute atomic E-state index is 13.2. The summed E-state index contributed by atoms with van der Waals surface area (Å²) in [4.78, 5) is 11.9. The molecule has 1 aliphatic carbocycles. The second kappa shape index (κ2) is 7.71. The fourth-order valence-electron chi connectivity index (χ4n) is 2.72. The molecular formula is C15H21ClF2N2O. The molecule has 118 valence electrons. The van der Waals surface area contributed by atoms with Gasteiger partial charge in [-0.3, -0.25) is 4.79 Å². The zero-order valence-electron chi connectivity index (χ0n) is 11.9. The number of rotatable bonds is 4. The van der Waals surface area contributed by atoms with E-state index in [0.717, 1.165) is 31.4 Å². The number of nitrogens with one attached hydrogen (secondary N) is 1. The molecular weight excluding hydrogens is 298 g/mol. The van der Waals surface area contributed by atoms with Gasteiger partial charge in [-0.15, -0.1) is 12.4 Å². The van der Waals surface area contributed by atoms with E-state index in [-0.39, 0.29) is 36.3 Å². The van der Waals surface area contributed by atoms with E-state index in [9.17, 15) is 13.6 Å². The Morgan fingerprint density at radius 2 is 2.10 bits per heavy atom. The van der Waals surface area contributed by atoms with Crippen LogP contribution >= 0.6 is 12.4 Å². The van der Waals surface area contributed by atoms with Crippen LogP contribution in [0.4, 0.5) is 8.78 Å². The van der Waals surface area contributed by atoms with Gasteiger partial charge in [-0.05, 0) is 43.4 Å². The number of nitrogens with two attached hydrogens (primary N) is 1. The van der Waals surface area contributed by atoms with Crippen molar-refractivity contribution in [2.24, 2.45) is 11.7 Å². The van der Waals surface area contributed by atoms with Gasteiger partial charge in [0.1, 0.15) is 0 Å². The maximum atomic E-state index is 13.2. The highest BCUT2D eigenvalue weighted by Gasteiger charge is 2.26. The first-order valence-corrected chi connectivity index (χ1v) is 6.97. The Labute approximate surface area is 129 Å². The van der Waals surface area contributed by atoms with Crippen molar-refractivity contribution in [2.75, 3.05) is 0 Å². The molecule has 6 heteroatoms. The second-order valence-electron chi connectivity index (χ2n) is 5.52. The predicted octanol–water partition coefficient (Wildman–Crippen LogP) is 3.08. The van der Waals surface area contributed by atoms with Gasteiger partial charge in [-0.1, -0.05) is 12.5 Å². The number of hydrogen-bond acceptors (Lipinski definition) is 2.